The molecule has 0 heterocycles. The van der Waals surface area contributed by atoms with Gasteiger partial charge in [0.1, 0.15) is 0 Å². The molecule has 5 heteroatoms. The zero-order chi connectivity index (χ0) is 16.5. The van der Waals surface area contributed by atoms with Crippen LogP contribution in [0.1, 0.15) is 12.5 Å². The fourth-order valence-electron chi connectivity index (χ4n) is 1.93. The quantitative estimate of drug-likeness (QED) is 0.534. The molecule has 122 valence electrons. The highest BCUT2D eigenvalue weighted by molar-refractivity contribution is 8.00. The van der Waals surface area contributed by atoms with E-state index in [1.54, 1.807) is 11.8 Å². The fraction of sp³-hybridized carbons (Fsp3) is 0.278. The predicted octanol–water partition coefficient (Wildman–Crippen LogP) is 4.87. The maximum atomic E-state index is 12.1. The van der Waals surface area contributed by atoms with Crippen molar-refractivity contribution in [1.29, 1.82) is 0 Å². The third-order valence-corrected chi connectivity index (χ3v) is 5.55. The van der Waals surface area contributed by atoms with E-state index in [9.17, 15) is 4.79 Å². The van der Waals surface area contributed by atoms with Crippen molar-refractivity contribution in [3.63, 3.8) is 0 Å². The topological polar surface area (TPSA) is 29.1 Å². The molecule has 0 aromatic heterocycles. The minimum Gasteiger partial charge on any atom is -0.354 e. The molecule has 0 radical (unpaired) electrons. The van der Waals surface area contributed by atoms with E-state index < -0.39 is 0 Å². The molecule has 2 nitrogen and oxygen atoms in total. The average molecular weight is 366 g/mol. The van der Waals surface area contributed by atoms with E-state index in [2.05, 4.69) is 17.4 Å². The van der Waals surface area contributed by atoms with Crippen molar-refractivity contribution in [2.24, 2.45) is 0 Å². The van der Waals surface area contributed by atoms with E-state index in [-0.39, 0.29) is 11.2 Å². The van der Waals surface area contributed by atoms with Gasteiger partial charge in [-0.1, -0.05) is 41.9 Å². The molecular weight excluding hydrogens is 346 g/mol. The van der Waals surface area contributed by atoms with Gasteiger partial charge in [-0.25, -0.2) is 0 Å². The van der Waals surface area contributed by atoms with Gasteiger partial charge < -0.3 is 5.32 Å². The number of carbonyl (C=O) groups excluding carboxylic acids is 1. The van der Waals surface area contributed by atoms with Gasteiger partial charge >= 0.3 is 0 Å². The van der Waals surface area contributed by atoms with Crippen molar-refractivity contribution in [3.05, 3.63) is 65.2 Å². The maximum Gasteiger partial charge on any atom is 0.233 e. The predicted molar refractivity (Wildman–Crippen MR) is 102 cm³/mol. The van der Waals surface area contributed by atoms with Crippen LogP contribution in [0.5, 0.6) is 0 Å². The minimum absolute atomic E-state index is 0.0743. The summed E-state index contributed by atoms with van der Waals surface area (Å²) >= 11 is 9.24. The molecule has 0 saturated heterocycles. The standard InChI is InChI=1S/C18H20ClNOS2/c1-14(23-17-9-7-16(19)8-10-17)18(21)20-11-12-22-13-15-5-3-2-4-6-15/h2-10,14H,11-13H2,1H3,(H,20,21)/t14-/m1/s1. The lowest BCUT2D eigenvalue weighted by molar-refractivity contribution is -0.120. The van der Waals surface area contributed by atoms with Gasteiger partial charge in [-0.15, -0.1) is 11.8 Å². The normalized spacial score (nSPS) is 11.9. The Kier molecular flexibility index (Phi) is 7.86. The van der Waals surface area contributed by atoms with Crippen molar-refractivity contribution >= 4 is 41.0 Å². The van der Waals surface area contributed by atoms with Crippen LogP contribution < -0.4 is 5.32 Å². The lowest BCUT2D eigenvalue weighted by atomic mass is 10.2. The van der Waals surface area contributed by atoms with Crippen LogP contribution in [-0.4, -0.2) is 23.5 Å². The van der Waals surface area contributed by atoms with E-state index in [0.29, 0.717) is 11.6 Å². The van der Waals surface area contributed by atoms with Crippen molar-refractivity contribution in [3.8, 4) is 0 Å². The van der Waals surface area contributed by atoms with Crippen molar-refractivity contribution in [1.82, 2.24) is 5.32 Å². The van der Waals surface area contributed by atoms with Crippen molar-refractivity contribution in [2.75, 3.05) is 12.3 Å². The second kappa shape index (κ2) is 9.91. The van der Waals surface area contributed by atoms with Crippen molar-refractivity contribution in [2.45, 2.75) is 22.8 Å². The Morgan fingerprint density at radius 1 is 1.13 bits per heavy atom. The molecular formula is C18H20ClNOS2. The van der Waals surface area contributed by atoms with E-state index in [1.807, 2.05) is 61.2 Å². The second-order valence-corrected chi connectivity index (χ2v) is 8.00. The number of benzene rings is 2. The van der Waals surface area contributed by atoms with Gasteiger partial charge in [-0.3, -0.25) is 4.79 Å². The molecule has 1 N–H and O–H groups in total. The second-order valence-electron chi connectivity index (χ2n) is 5.04. The van der Waals surface area contributed by atoms with Crippen LogP contribution in [0.2, 0.25) is 5.02 Å². The van der Waals surface area contributed by atoms with Crippen LogP contribution in [0.4, 0.5) is 0 Å². The molecule has 0 aliphatic heterocycles. The van der Waals surface area contributed by atoms with E-state index in [4.69, 9.17) is 11.6 Å². The summed E-state index contributed by atoms with van der Waals surface area (Å²) in [6.45, 7) is 2.62. The Morgan fingerprint density at radius 3 is 2.52 bits per heavy atom. The van der Waals surface area contributed by atoms with Gasteiger partial charge in [0, 0.05) is 28.0 Å². The van der Waals surface area contributed by atoms with Crippen molar-refractivity contribution < 1.29 is 4.79 Å². The molecule has 23 heavy (non-hydrogen) atoms. The molecule has 0 fully saturated rings. The first-order valence-electron chi connectivity index (χ1n) is 7.47. The number of hydrogen-bond donors (Lipinski definition) is 1. The molecule has 0 unspecified atom stereocenters. The number of rotatable bonds is 8. The third kappa shape index (κ3) is 6.90. The molecule has 2 aromatic carbocycles. The highest BCUT2D eigenvalue weighted by Gasteiger charge is 2.13. The largest absolute Gasteiger partial charge is 0.354 e. The Bertz CT molecular complexity index is 604. The number of halogens is 1. The summed E-state index contributed by atoms with van der Waals surface area (Å²) < 4.78 is 0. The number of thioether (sulfide) groups is 2. The number of hydrogen-bond acceptors (Lipinski definition) is 3. The molecule has 0 aliphatic rings. The summed E-state index contributed by atoms with van der Waals surface area (Å²) in [5, 5.41) is 3.59. The lowest BCUT2D eigenvalue weighted by Crippen LogP contribution is -2.32. The van der Waals surface area contributed by atoms with Gasteiger partial charge in [0.2, 0.25) is 5.91 Å². The summed E-state index contributed by atoms with van der Waals surface area (Å²) in [4.78, 5) is 13.1. The van der Waals surface area contributed by atoms with Gasteiger partial charge in [0.05, 0.1) is 5.25 Å². The Hall–Kier alpha value is -1.10. The average Bonchev–Trinajstić information content (AvgIpc) is 2.57. The summed E-state index contributed by atoms with van der Waals surface area (Å²) in [6, 6.07) is 17.9. The van der Waals surface area contributed by atoms with Crippen LogP contribution in [0, 0.1) is 0 Å². The number of amides is 1. The van der Waals surface area contributed by atoms with Gasteiger partial charge in [0.25, 0.3) is 0 Å². The smallest absolute Gasteiger partial charge is 0.233 e. The molecule has 1 atom stereocenters. The first-order chi connectivity index (χ1) is 11.1. The molecule has 0 bridgehead atoms. The van der Waals surface area contributed by atoms with Crippen LogP contribution in [0.25, 0.3) is 0 Å². The monoisotopic (exact) mass is 365 g/mol. The molecule has 2 rings (SSSR count). The summed E-state index contributed by atoms with van der Waals surface area (Å²) in [7, 11) is 0. The molecule has 0 spiro atoms. The fourth-order valence-corrected chi connectivity index (χ4v) is 3.76. The molecule has 0 aliphatic carbocycles. The number of nitrogens with one attached hydrogen (secondary N) is 1. The maximum absolute atomic E-state index is 12.1. The van der Waals surface area contributed by atoms with Gasteiger partial charge in [0.15, 0.2) is 0 Å². The number of carbonyl (C=O) groups is 1. The van der Waals surface area contributed by atoms with Gasteiger partial charge in [-0.05, 0) is 36.8 Å². The van der Waals surface area contributed by atoms with Crippen LogP contribution in [0.3, 0.4) is 0 Å². The first-order valence-corrected chi connectivity index (χ1v) is 9.88. The Morgan fingerprint density at radius 2 is 1.83 bits per heavy atom. The summed E-state index contributed by atoms with van der Waals surface area (Å²) in [6.07, 6.45) is 0. The van der Waals surface area contributed by atoms with E-state index in [1.165, 1.54) is 5.56 Å². The van der Waals surface area contributed by atoms with Crippen LogP contribution in [-0.2, 0) is 10.5 Å². The summed E-state index contributed by atoms with van der Waals surface area (Å²) in [5.74, 6) is 1.97. The zero-order valence-corrected chi connectivity index (χ0v) is 15.4. The van der Waals surface area contributed by atoms with Gasteiger partial charge in [-0.2, -0.15) is 11.8 Å². The SMILES string of the molecule is C[C@@H](Sc1ccc(Cl)cc1)C(=O)NCCSCc1ccccc1. The molecule has 1 amide bonds. The molecule has 0 saturated carbocycles. The lowest BCUT2D eigenvalue weighted by Gasteiger charge is -2.12. The van der Waals surface area contributed by atoms with E-state index in [0.717, 1.165) is 16.4 Å². The highest BCUT2D eigenvalue weighted by Crippen LogP contribution is 2.24. The summed E-state index contributed by atoms with van der Waals surface area (Å²) in [5.41, 5.74) is 1.32. The van der Waals surface area contributed by atoms with E-state index >= 15 is 0 Å². The van der Waals surface area contributed by atoms with Crippen LogP contribution in [0.15, 0.2) is 59.5 Å². The Labute approximate surface area is 151 Å². The minimum atomic E-state index is -0.115. The highest BCUT2D eigenvalue weighted by atomic mass is 35.5. The Balaban J connectivity index is 1.63. The zero-order valence-electron chi connectivity index (χ0n) is 13.0. The molecule has 2 aromatic rings. The first kappa shape index (κ1) is 18.2. The third-order valence-electron chi connectivity index (χ3n) is 3.15. The van der Waals surface area contributed by atoms with Crippen LogP contribution >= 0.6 is 35.1 Å².